The highest BCUT2D eigenvalue weighted by molar-refractivity contribution is 5.94. The van der Waals surface area contributed by atoms with Crippen molar-refractivity contribution < 1.29 is 18.0 Å². The lowest BCUT2D eigenvalue weighted by molar-refractivity contribution is 0.0946. The second-order valence-corrected chi connectivity index (χ2v) is 5.59. The zero-order chi connectivity index (χ0) is 19.2. The Bertz CT molecular complexity index is 910. The predicted octanol–water partition coefficient (Wildman–Crippen LogP) is 3.40. The van der Waals surface area contributed by atoms with Crippen molar-refractivity contribution in [3.05, 3.63) is 77.6 Å². The average molecular weight is 372 g/mol. The van der Waals surface area contributed by atoms with E-state index >= 15 is 0 Å². The van der Waals surface area contributed by atoms with Gasteiger partial charge in [0.2, 0.25) is 0 Å². The molecule has 0 atom stereocenters. The number of nitrogens with zero attached hydrogens (tertiary/aromatic N) is 2. The van der Waals surface area contributed by atoms with E-state index in [9.17, 15) is 18.0 Å². The van der Waals surface area contributed by atoms with Crippen LogP contribution >= 0.6 is 0 Å². The molecule has 2 aromatic carbocycles. The lowest BCUT2D eigenvalue weighted by atomic mass is 10.1. The van der Waals surface area contributed by atoms with Crippen LogP contribution in [0.25, 0.3) is 11.3 Å². The molecule has 138 valence electrons. The molecule has 0 fully saturated rings. The van der Waals surface area contributed by atoms with E-state index in [0.29, 0.717) is 11.5 Å². The van der Waals surface area contributed by atoms with Gasteiger partial charge in [-0.1, -0.05) is 6.07 Å². The van der Waals surface area contributed by atoms with Crippen LogP contribution in [-0.4, -0.2) is 29.2 Å². The molecule has 5 nitrogen and oxygen atoms in total. The van der Waals surface area contributed by atoms with Crippen molar-refractivity contribution in [2.24, 2.45) is 0 Å². The first-order valence-electron chi connectivity index (χ1n) is 8.10. The van der Waals surface area contributed by atoms with Crippen molar-refractivity contribution in [3.8, 4) is 11.3 Å². The van der Waals surface area contributed by atoms with Crippen LogP contribution in [0, 0.1) is 17.5 Å². The number of halogens is 3. The molecule has 0 spiro atoms. The smallest absolute Gasteiger partial charge is 0.257 e. The highest BCUT2D eigenvalue weighted by atomic mass is 19.1. The van der Waals surface area contributed by atoms with E-state index in [0.717, 1.165) is 17.7 Å². The van der Waals surface area contributed by atoms with Gasteiger partial charge in [0, 0.05) is 18.7 Å². The van der Waals surface area contributed by atoms with E-state index in [2.05, 4.69) is 20.8 Å². The molecule has 27 heavy (non-hydrogen) atoms. The SMILES string of the molecule is O=C(NCCNc1ccc(-c2ccc(F)cc2)nn1)c1c(F)cccc1F. The first-order chi connectivity index (χ1) is 13.0. The van der Waals surface area contributed by atoms with Gasteiger partial charge < -0.3 is 10.6 Å². The van der Waals surface area contributed by atoms with Gasteiger partial charge in [0.15, 0.2) is 0 Å². The van der Waals surface area contributed by atoms with Crippen LogP contribution in [-0.2, 0) is 0 Å². The van der Waals surface area contributed by atoms with Crippen LogP contribution in [0.15, 0.2) is 54.6 Å². The molecule has 0 bridgehead atoms. The fraction of sp³-hybridized carbons (Fsp3) is 0.105. The van der Waals surface area contributed by atoms with Gasteiger partial charge in [-0.15, -0.1) is 10.2 Å². The fourth-order valence-electron chi connectivity index (χ4n) is 2.37. The Morgan fingerprint density at radius 2 is 1.56 bits per heavy atom. The molecule has 1 heterocycles. The van der Waals surface area contributed by atoms with Gasteiger partial charge in [0.25, 0.3) is 5.91 Å². The Labute approximate surface area is 153 Å². The normalized spacial score (nSPS) is 10.5. The largest absolute Gasteiger partial charge is 0.367 e. The Morgan fingerprint density at radius 1 is 0.852 bits per heavy atom. The monoisotopic (exact) mass is 372 g/mol. The van der Waals surface area contributed by atoms with E-state index < -0.39 is 23.1 Å². The molecule has 0 unspecified atom stereocenters. The van der Waals surface area contributed by atoms with Crippen molar-refractivity contribution in [3.63, 3.8) is 0 Å². The lowest BCUT2D eigenvalue weighted by Gasteiger charge is -2.08. The minimum Gasteiger partial charge on any atom is -0.367 e. The number of hydrogen-bond donors (Lipinski definition) is 2. The molecule has 2 N–H and O–H groups in total. The van der Waals surface area contributed by atoms with Crippen LogP contribution < -0.4 is 10.6 Å². The summed E-state index contributed by atoms with van der Waals surface area (Å²) in [4.78, 5) is 11.8. The van der Waals surface area contributed by atoms with Gasteiger partial charge in [-0.2, -0.15) is 0 Å². The van der Waals surface area contributed by atoms with Gasteiger partial charge in [0.05, 0.1) is 5.69 Å². The number of anilines is 1. The van der Waals surface area contributed by atoms with Crippen LogP contribution in [0.5, 0.6) is 0 Å². The topological polar surface area (TPSA) is 66.9 Å². The number of hydrogen-bond acceptors (Lipinski definition) is 4. The van der Waals surface area contributed by atoms with E-state index in [-0.39, 0.29) is 18.9 Å². The molecule has 0 aliphatic heterocycles. The first kappa shape index (κ1) is 18.4. The number of aromatic nitrogens is 2. The number of benzene rings is 2. The molecule has 1 aromatic heterocycles. The summed E-state index contributed by atoms with van der Waals surface area (Å²) in [6.07, 6.45) is 0. The minimum atomic E-state index is -0.914. The van der Waals surface area contributed by atoms with Crippen LogP contribution in [0.4, 0.5) is 19.0 Å². The Kier molecular flexibility index (Phi) is 5.65. The quantitative estimate of drug-likeness (QED) is 0.651. The fourth-order valence-corrected chi connectivity index (χ4v) is 2.37. The Morgan fingerprint density at radius 3 is 2.19 bits per heavy atom. The summed E-state index contributed by atoms with van der Waals surface area (Å²) in [6.45, 7) is 0.417. The third-order valence-electron chi connectivity index (χ3n) is 3.71. The summed E-state index contributed by atoms with van der Waals surface area (Å²) in [5.74, 6) is -2.52. The standard InChI is InChI=1S/C19H15F3N4O/c20-13-6-4-12(5-7-13)16-8-9-17(26-25-16)23-10-11-24-19(27)18-14(21)2-1-3-15(18)22/h1-9H,10-11H2,(H,23,26)(H,24,27). The molecule has 8 heteroatoms. The molecule has 0 aliphatic rings. The zero-order valence-corrected chi connectivity index (χ0v) is 14.0. The summed E-state index contributed by atoms with van der Waals surface area (Å²) in [5.41, 5.74) is 0.708. The molecule has 0 radical (unpaired) electrons. The number of amides is 1. The van der Waals surface area contributed by atoms with Crippen molar-refractivity contribution in [2.45, 2.75) is 0 Å². The number of rotatable bonds is 6. The molecule has 1 amide bonds. The summed E-state index contributed by atoms with van der Waals surface area (Å²) in [7, 11) is 0. The van der Waals surface area contributed by atoms with Crippen molar-refractivity contribution in [1.82, 2.24) is 15.5 Å². The molecular weight excluding hydrogens is 357 g/mol. The summed E-state index contributed by atoms with van der Waals surface area (Å²) in [5, 5.41) is 13.4. The van der Waals surface area contributed by atoms with E-state index in [4.69, 9.17) is 0 Å². The maximum Gasteiger partial charge on any atom is 0.257 e. The van der Waals surface area contributed by atoms with E-state index in [1.165, 1.54) is 18.2 Å². The maximum atomic E-state index is 13.5. The van der Waals surface area contributed by atoms with Crippen LogP contribution in [0.2, 0.25) is 0 Å². The molecule has 0 saturated carbocycles. The highest BCUT2D eigenvalue weighted by Crippen LogP contribution is 2.17. The molecular formula is C19H15F3N4O. The maximum absolute atomic E-state index is 13.5. The highest BCUT2D eigenvalue weighted by Gasteiger charge is 2.16. The Hall–Kier alpha value is -3.42. The van der Waals surface area contributed by atoms with Crippen molar-refractivity contribution in [2.75, 3.05) is 18.4 Å². The number of carbonyl (C=O) groups is 1. The molecule has 0 saturated heterocycles. The van der Waals surface area contributed by atoms with Crippen LogP contribution in [0.3, 0.4) is 0 Å². The Balaban J connectivity index is 1.51. The van der Waals surface area contributed by atoms with Gasteiger partial charge in [0.1, 0.15) is 28.8 Å². The summed E-state index contributed by atoms with van der Waals surface area (Å²) in [6, 6.07) is 12.5. The van der Waals surface area contributed by atoms with E-state index in [1.54, 1.807) is 24.3 Å². The third-order valence-corrected chi connectivity index (χ3v) is 3.71. The van der Waals surface area contributed by atoms with Crippen molar-refractivity contribution in [1.29, 1.82) is 0 Å². The van der Waals surface area contributed by atoms with Crippen LogP contribution in [0.1, 0.15) is 10.4 Å². The van der Waals surface area contributed by atoms with E-state index in [1.807, 2.05) is 0 Å². The third kappa shape index (κ3) is 4.60. The number of carbonyl (C=O) groups excluding carboxylic acids is 1. The number of nitrogens with one attached hydrogen (secondary N) is 2. The average Bonchev–Trinajstić information content (AvgIpc) is 2.66. The van der Waals surface area contributed by atoms with Gasteiger partial charge in [-0.25, -0.2) is 13.2 Å². The van der Waals surface area contributed by atoms with Gasteiger partial charge in [-0.3, -0.25) is 4.79 Å². The second kappa shape index (κ2) is 8.31. The molecule has 3 rings (SSSR count). The first-order valence-corrected chi connectivity index (χ1v) is 8.10. The van der Waals surface area contributed by atoms with Gasteiger partial charge in [-0.05, 0) is 48.5 Å². The zero-order valence-electron chi connectivity index (χ0n) is 14.0. The predicted molar refractivity (Wildman–Crippen MR) is 94.6 cm³/mol. The van der Waals surface area contributed by atoms with Gasteiger partial charge >= 0.3 is 0 Å². The molecule has 3 aromatic rings. The summed E-state index contributed by atoms with van der Waals surface area (Å²) < 4.78 is 40.0. The van der Waals surface area contributed by atoms with Crippen molar-refractivity contribution >= 4 is 11.7 Å². The minimum absolute atomic E-state index is 0.133. The molecule has 0 aliphatic carbocycles. The lowest BCUT2D eigenvalue weighted by Crippen LogP contribution is -2.30. The second-order valence-electron chi connectivity index (χ2n) is 5.59. The summed E-state index contributed by atoms with van der Waals surface area (Å²) >= 11 is 0.